The Labute approximate surface area is 75.3 Å². The van der Waals surface area contributed by atoms with E-state index in [0.717, 1.165) is 0 Å². The van der Waals surface area contributed by atoms with Crippen molar-refractivity contribution in [3.05, 3.63) is 12.7 Å². The first-order valence-corrected chi connectivity index (χ1v) is 3.60. The Hall–Kier alpha value is -1.79. The van der Waals surface area contributed by atoms with E-state index in [0.29, 0.717) is 19.6 Å². The molecule has 0 aromatic heterocycles. The standard InChI is InChI=1S/C6H11N5O2/c1-2-6(12)8-4-3-5-13-11-10-9-7/h2,7H,1,3-5H2,(H,8,12). The van der Waals surface area contributed by atoms with Crippen molar-refractivity contribution >= 4 is 5.91 Å². The Morgan fingerprint density at radius 2 is 2.46 bits per heavy atom. The molecule has 0 aliphatic carbocycles. The van der Waals surface area contributed by atoms with E-state index in [1.807, 2.05) is 0 Å². The van der Waals surface area contributed by atoms with Gasteiger partial charge in [0.05, 0.1) is 0 Å². The molecule has 0 spiro atoms. The second-order valence-corrected chi connectivity index (χ2v) is 1.95. The van der Waals surface area contributed by atoms with E-state index in [2.05, 4.69) is 32.5 Å². The van der Waals surface area contributed by atoms with Gasteiger partial charge in [-0.25, -0.2) is 0 Å². The molecular formula is C6H11N5O2. The first-order chi connectivity index (χ1) is 6.31. The molecule has 0 heterocycles. The van der Waals surface area contributed by atoms with Gasteiger partial charge in [0, 0.05) is 23.5 Å². The summed E-state index contributed by atoms with van der Waals surface area (Å²) in [5.74, 6) is -0.220. The van der Waals surface area contributed by atoms with Crippen LogP contribution in [0.5, 0.6) is 0 Å². The molecular weight excluding hydrogens is 174 g/mol. The molecule has 2 N–H and O–H groups in total. The number of hydrogen-bond acceptors (Lipinski definition) is 4. The number of rotatable bonds is 7. The minimum Gasteiger partial charge on any atom is -0.378 e. The third-order valence-electron chi connectivity index (χ3n) is 1.04. The highest BCUT2D eigenvalue weighted by molar-refractivity contribution is 5.86. The molecule has 0 aliphatic heterocycles. The van der Waals surface area contributed by atoms with E-state index in [9.17, 15) is 4.79 Å². The van der Waals surface area contributed by atoms with Gasteiger partial charge in [0.25, 0.3) is 0 Å². The van der Waals surface area contributed by atoms with Crippen LogP contribution in [0.15, 0.2) is 28.4 Å². The Morgan fingerprint density at radius 3 is 3.08 bits per heavy atom. The molecule has 0 unspecified atom stereocenters. The van der Waals surface area contributed by atoms with Crippen LogP contribution in [0.2, 0.25) is 0 Å². The summed E-state index contributed by atoms with van der Waals surface area (Å²) < 4.78 is 0. The van der Waals surface area contributed by atoms with Crippen LogP contribution in [0.1, 0.15) is 6.42 Å². The van der Waals surface area contributed by atoms with Gasteiger partial charge >= 0.3 is 0 Å². The summed E-state index contributed by atoms with van der Waals surface area (Å²) in [5, 5.41) is 11.1. The summed E-state index contributed by atoms with van der Waals surface area (Å²) in [7, 11) is 0. The van der Waals surface area contributed by atoms with Crippen LogP contribution >= 0.6 is 0 Å². The van der Waals surface area contributed by atoms with Gasteiger partial charge in [0.2, 0.25) is 5.91 Å². The Bertz CT molecular complexity index is 203. The average molecular weight is 185 g/mol. The highest BCUT2D eigenvalue weighted by Gasteiger charge is 1.92. The van der Waals surface area contributed by atoms with Gasteiger partial charge in [-0.05, 0) is 11.3 Å². The summed E-state index contributed by atoms with van der Waals surface area (Å²) in [5.41, 5.74) is 6.22. The zero-order chi connectivity index (χ0) is 9.94. The van der Waals surface area contributed by atoms with Crippen LogP contribution in [-0.4, -0.2) is 19.1 Å². The second kappa shape index (κ2) is 8.31. The predicted octanol–water partition coefficient (Wildman–Crippen LogP) is 1.01. The smallest absolute Gasteiger partial charge is 0.243 e. The van der Waals surface area contributed by atoms with Gasteiger partial charge in [-0.15, -0.1) is 0 Å². The lowest BCUT2D eigenvalue weighted by Gasteiger charge is -1.99. The molecule has 7 heteroatoms. The number of nitrogens with zero attached hydrogens (tertiary/aromatic N) is 3. The van der Waals surface area contributed by atoms with E-state index in [1.54, 1.807) is 0 Å². The first-order valence-electron chi connectivity index (χ1n) is 3.60. The Kier molecular flexibility index (Phi) is 7.16. The number of nitrogens with one attached hydrogen (secondary N) is 2. The van der Waals surface area contributed by atoms with Gasteiger partial charge in [-0.3, -0.25) is 4.79 Å². The Morgan fingerprint density at radius 1 is 1.69 bits per heavy atom. The van der Waals surface area contributed by atoms with E-state index >= 15 is 0 Å². The zero-order valence-electron chi connectivity index (χ0n) is 7.06. The summed E-state index contributed by atoms with van der Waals surface area (Å²) in [4.78, 5) is 15.2. The zero-order valence-corrected chi connectivity index (χ0v) is 7.06. The number of hydrogen-bond donors (Lipinski definition) is 2. The topological polar surface area (TPSA) is 99.3 Å². The van der Waals surface area contributed by atoms with Crippen molar-refractivity contribution in [2.24, 2.45) is 15.7 Å². The van der Waals surface area contributed by atoms with Crippen LogP contribution in [0.3, 0.4) is 0 Å². The first kappa shape index (κ1) is 11.2. The van der Waals surface area contributed by atoms with E-state index in [1.165, 1.54) is 6.08 Å². The van der Waals surface area contributed by atoms with Crippen LogP contribution in [0.4, 0.5) is 0 Å². The van der Waals surface area contributed by atoms with Gasteiger partial charge in [-0.2, -0.15) is 5.53 Å². The lowest BCUT2D eigenvalue weighted by atomic mass is 10.4. The molecule has 0 aromatic carbocycles. The van der Waals surface area contributed by atoms with Gasteiger partial charge in [0.15, 0.2) is 0 Å². The van der Waals surface area contributed by atoms with E-state index < -0.39 is 0 Å². The molecule has 0 saturated carbocycles. The quantitative estimate of drug-likeness (QED) is 0.267. The summed E-state index contributed by atoms with van der Waals surface area (Å²) in [6.07, 6.45) is 1.80. The van der Waals surface area contributed by atoms with Crippen molar-refractivity contribution in [2.45, 2.75) is 6.42 Å². The molecule has 0 aliphatic rings. The van der Waals surface area contributed by atoms with Gasteiger partial charge < -0.3 is 10.2 Å². The van der Waals surface area contributed by atoms with Crippen molar-refractivity contribution < 1.29 is 9.63 Å². The summed E-state index contributed by atoms with van der Waals surface area (Å²) in [6, 6.07) is 0. The van der Waals surface area contributed by atoms with Crippen LogP contribution in [0.25, 0.3) is 0 Å². The predicted molar refractivity (Wildman–Crippen MR) is 43.8 cm³/mol. The third-order valence-corrected chi connectivity index (χ3v) is 1.04. The fourth-order valence-corrected chi connectivity index (χ4v) is 0.505. The van der Waals surface area contributed by atoms with Crippen LogP contribution < -0.4 is 5.32 Å². The largest absolute Gasteiger partial charge is 0.378 e. The highest BCUT2D eigenvalue weighted by atomic mass is 16.6. The summed E-state index contributed by atoms with van der Waals surface area (Å²) >= 11 is 0. The summed E-state index contributed by atoms with van der Waals surface area (Å²) in [6.45, 7) is 4.09. The van der Waals surface area contributed by atoms with E-state index in [-0.39, 0.29) is 5.91 Å². The highest BCUT2D eigenvalue weighted by Crippen LogP contribution is 1.84. The van der Waals surface area contributed by atoms with Crippen LogP contribution in [-0.2, 0) is 9.63 Å². The third kappa shape index (κ3) is 8.11. The minimum absolute atomic E-state index is 0.220. The molecule has 72 valence electrons. The molecule has 13 heavy (non-hydrogen) atoms. The molecule has 7 nitrogen and oxygen atoms in total. The number of carbonyl (C=O) groups excluding carboxylic acids is 1. The maximum atomic E-state index is 10.6. The van der Waals surface area contributed by atoms with Crippen molar-refractivity contribution in [1.29, 1.82) is 5.53 Å². The second-order valence-electron chi connectivity index (χ2n) is 1.95. The molecule has 0 radical (unpaired) electrons. The van der Waals surface area contributed by atoms with Crippen molar-refractivity contribution in [3.8, 4) is 0 Å². The normalized spacial score (nSPS) is 9.54. The van der Waals surface area contributed by atoms with Gasteiger partial charge in [0.1, 0.15) is 6.61 Å². The maximum Gasteiger partial charge on any atom is 0.243 e. The van der Waals surface area contributed by atoms with Crippen LogP contribution in [0, 0.1) is 5.53 Å². The van der Waals surface area contributed by atoms with E-state index in [4.69, 9.17) is 5.53 Å². The average Bonchev–Trinajstić information content (AvgIpc) is 2.16. The molecule has 0 saturated heterocycles. The fourth-order valence-electron chi connectivity index (χ4n) is 0.505. The van der Waals surface area contributed by atoms with Crippen molar-refractivity contribution in [1.82, 2.24) is 5.32 Å². The van der Waals surface area contributed by atoms with Gasteiger partial charge in [-0.1, -0.05) is 6.58 Å². The monoisotopic (exact) mass is 185 g/mol. The number of carbonyl (C=O) groups is 1. The lowest BCUT2D eigenvalue weighted by molar-refractivity contribution is -0.116. The molecule has 0 atom stereocenters. The fraction of sp³-hybridized carbons (Fsp3) is 0.500. The number of amides is 1. The lowest BCUT2D eigenvalue weighted by Crippen LogP contribution is -2.22. The van der Waals surface area contributed by atoms with Crippen molar-refractivity contribution in [3.63, 3.8) is 0 Å². The Balaban J connectivity index is 3.16. The molecule has 0 aromatic rings. The maximum absolute atomic E-state index is 10.6. The minimum atomic E-state index is -0.220. The molecule has 0 rings (SSSR count). The molecule has 1 amide bonds. The molecule has 0 bridgehead atoms. The van der Waals surface area contributed by atoms with Crippen molar-refractivity contribution in [2.75, 3.05) is 13.2 Å². The SMILES string of the molecule is C=CC(=O)NCCCON=NN=N. The molecule has 0 fully saturated rings.